The Bertz CT molecular complexity index is 472. The summed E-state index contributed by atoms with van der Waals surface area (Å²) in [6.07, 6.45) is 0.702. The first-order chi connectivity index (χ1) is 8.50. The van der Waals surface area contributed by atoms with Crippen LogP contribution in [0.25, 0.3) is 0 Å². The second-order valence-corrected chi connectivity index (χ2v) is 5.40. The van der Waals surface area contributed by atoms with E-state index in [0.717, 1.165) is 4.47 Å². The highest BCUT2D eigenvalue weighted by atomic mass is 79.9. The number of nitrogens with zero attached hydrogens (tertiary/aromatic N) is 2. The van der Waals surface area contributed by atoms with Crippen molar-refractivity contribution in [3.63, 3.8) is 0 Å². The van der Waals surface area contributed by atoms with Crippen LogP contribution >= 0.6 is 15.9 Å². The molecule has 0 saturated carbocycles. The zero-order valence-corrected chi connectivity index (χ0v) is 12.0. The maximum atomic E-state index is 12.2. The lowest BCUT2D eigenvalue weighted by molar-refractivity contribution is -0.130. The van der Waals surface area contributed by atoms with Gasteiger partial charge in [-0.15, -0.1) is 0 Å². The van der Waals surface area contributed by atoms with Crippen molar-refractivity contribution in [2.45, 2.75) is 12.5 Å². The summed E-state index contributed by atoms with van der Waals surface area (Å²) in [5, 5.41) is 0. The number of likely N-dealkylation sites (tertiary alicyclic amines) is 1. The maximum absolute atomic E-state index is 12.2. The standard InChI is InChI=1S/C13H15BrN2O2/c1-15-8-7-11(13(15)18)16(2)12(17)9-3-5-10(14)6-4-9/h3-6,11H,7-8H2,1-2H3. The molecule has 0 bridgehead atoms. The maximum Gasteiger partial charge on any atom is 0.254 e. The minimum absolute atomic E-state index is 0.0166. The fourth-order valence-corrected chi connectivity index (χ4v) is 2.37. The second kappa shape index (κ2) is 5.10. The van der Waals surface area contributed by atoms with Gasteiger partial charge in [0.15, 0.2) is 0 Å². The molecule has 4 nitrogen and oxygen atoms in total. The number of hydrogen-bond acceptors (Lipinski definition) is 2. The van der Waals surface area contributed by atoms with Gasteiger partial charge in [0.2, 0.25) is 5.91 Å². The first kappa shape index (κ1) is 13.1. The molecule has 5 heteroatoms. The van der Waals surface area contributed by atoms with Crippen molar-refractivity contribution >= 4 is 27.7 Å². The van der Waals surface area contributed by atoms with E-state index in [4.69, 9.17) is 0 Å². The first-order valence-electron chi connectivity index (χ1n) is 5.78. The van der Waals surface area contributed by atoms with Crippen LogP contribution in [0.2, 0.25) is 0 Å². The highest BCUT2D eigenvalue weighted by Crippen LogP contribution is 2.18. The van der Waals surface area contributed by atoms with E-state index in [9.17, 15) is 9.59 Å². The quantitative estimate of drug-likeness (QED) is 0.835. The number of halogens is 1. The Kier molecular flexibility index (Phi) is 3.71. The number of rotatable bonds is 2. The van der Waals surface area contributed by atoms with Gasteiger partial charge in [-0.1, -0.05) is 15.9 Å². The lowest BCUT2D eigenvalue weighted by Gasteiger charge is -2.23. The monoisotopic (exact) mass is 310 g/mol. The molecule has 1 unspecified atom stereocenters. The molecule has 1 heterocycles. The van der Waals surface area contributed by atoms with Crippen LogP contribution in [0, 0.1) is 0 Å². The number of hydrogen-bond donors (Lipinski definition) is 0. The first-order valence-corrected chi connectivity index (χ1v) is 6.57. The van der Waals surface area contributed by atoms with Crippen LogP contribution in [-0.2, 0) is 4.79 Å². The molecule has 2 amide bonds. The minimum atomic E-state index is -0.328. The highest BCUT2D eigenvalue weighted by molar-refractivity contribution is 9.10. The van der Waals surface area contributed by atoms with Crippen molar-refractivity contribution in [3.05, 3.63) is 34.3 Å². The number of carbonyl (C=O) groups excluding carboxylic acids is 2. The molecule has 0 aromatic heterocycles. The molecule has 0 N–H and O–H groups in total. The summed E-state index contributed by atoms with van der Waals surface area (Å²) in [7, 11) is 3.45. The summed E-state index contributed by atoms with van der Waals surface area (Å²) in [6.45, 7) is 0.710. The average Bonchev–Trinajstić information content (AvgIpc) is 2.69. The van der Waals surface area contributed by atoms with Crippen LogP contribution in [0.1, 0.15) is 16.8 Å². The molecule has 1 aromatic rings. The molecule has 0 radical (unpaired) electrons. The zero-order valence-electron chi connectivity index (χ0n) is 10.4. The van der Waals surface area contributed by atoms with Crippen LogP contribution in [0.3, 0.4) is 0 Å². The molecule has 2 rings (SSSR count). The average molecular weight is 311 g/mol. The molecule has 1 aliphatic heterocycles. The SMILES string of the molecule is CN1CCC(N(C)C(=O)c2ccc(Br)cc2)C1=O. The number of carbonyl (C=O) groups is 2. The summed E-state index contributed by atoms with van der Waals surface area (Å²) in [4.78, 5) is 27.3. The van der Waals surface area contributed by atoms with Crippen LogP contribution in [0.15, 0.2) is 28.7 Å². The Morgan fingerprint density at radius 3 is 2.50 bits per heavy atom. The van der Waals surface area contributed by atoms with E-state index in [1.165, 1.54) is 4.90 Å². The Labute approximate surface area is 115 Å². The van der Waals surface area contributed by atoms with Crippen LogP contribution in [0.4, 0.5) is 0 Å². The normalized spacial score (nSPS) is 19.2. The van der Waals surface area contributed by atoms with Crippen molar-refractivity contribution in [3.8, 4) is 0 Å². The van der Waals surface area contributed by atoms with Crippen molar-refractivity contribution in [1.29, 1.82) is 0 Å². The highest BCUT2D eigenvalue weighted by Gasteiger charge is 2.34. The predicted molar refractivity (Wildman–Crippen MR) is 72.3 cm³/mol. The molecule has 1 aromatic carbocycles. The smallest absolute Gasteiger partial charge is 0.254 e. The third-order valence-electron chi connectivity index (χ3n) is 3.28. The van der Waals surface area contributed by atoms with E-state index in [1.54, 1.807) is 31.1 Å². The Balaban J connectivity index is 2.14. The summed E-state index contributed by atoms with van der Waals surface area (Å²) in [5.74, 6) is -0.0980. The van der Waals surface area contributed by atoms with Gasteiger partial charge in [-0.25, -0.2) is 0 Å². The van der Waals surface area contributed by atoms with Gasteiger partial charge in [-0.3, -0.25) is 9.59 Å². The summed E-state index contributed by atoms with van der Waals surface area (Å²) in [5.41, 5.74) is 0.600. The third kappa shape index (κ3) is 2.41. The van der Waals surface area contributed by atoms with E-state index in [0.29, 0.717) is 18.5 Å². The van der Waals surface area contributed by atoms with E-state index in [1.807, 2.05) is 12.1 Å². The zero-order chi connectivity index (χ0) is 13.3. The second-order valence-electron chi connectivity index (χ2n) is 4.49. The van der Waals surface area contributed by atoms with Crippen LogP contribution < -0.4 is 0 Å². The van der Waals surface area contributed by atoms with E-state index >= 15 is 0 Å². The van der Waals surface area contributed by atoms with Gasteiger partial charge in [0.05, 0.1) is 0 Å². The van der Waals surface area contributed by atoms with E-state index in [-0.39, 0.29) is 17.9 Å². The summed E-state index contributed by atoms with van der Waals surface area (Å²) in [6, 6.07) is 6.83. The number of amides is 2. The molecule has 1 fully saturated rings. The Morgan fingerprint density at radius 1 is 1.39 bits per heavy atom. The Morgan fingerprint density at radius 2 is 2.00 bits per heavy atom. The fourth-order valence-electron chi connectivity index (χ4n) is 2.10. The molecule has 18 heavy (non-hydrogen) atoms. The van der Waals surface area contributed by atoms with Crippen LogP contribution in [-0.4, -0.2) is 48.3 Å². The molecule has 96 valence electrons. The van der Waals surface area contributed by atoms with Crippen molar-refractivity contribution < 1.29 is 9.59 Å². The number of benzene rings is 1. The molecule has 0 aliphatic carbocycles. The topological polar surface area (TPSA) is 40.6 Å². The van der Waals surface area contributed by atoms with Crippen molar-refractivity contribution in [1.82, 2.24) is 9.80 Å². The Hall–Kier alpha value is -1.36. The van der Waals surface area contributed by atoms with Gasteiger partial charge in [-0.05, 0) is 30.7 Å². The lowest BCUT2D eigenvalue weighted by Crippen LogP contribution is -2.42. The van der Waals surface area contributed by atoms with Gasteiger partial charge in [0.25, 0.3) is 5.91 Å². The van der Waals surface area contributed by atoms with E-state index < -0.39 is 0 Å². The molecular weight excluding hydrogens is 296 g/mol. The van der Waals surface area contributed by atoms with E-state index in [2.05, 4.69) is 15.9 Å². The fraction of sp³-hybridized carbons (Fsp3) is 0.385. The largest absolute Gasteiger partial charge is 0.344 e. The minimum Gasteiger partial charge on any atom is -0.344 e. The van der Waals surface area contributed by atoms with Crippen molar-refractivity contribution in [2.75, 3.05) is 20.6 Å². The lowest BCUT2D eigenvalue weighted by atomic mass is 10.1. The van der Waals surface area contributed by atoms with Gasteiger partial charge >= 0.3 is 0 Å². The summed E-state index contributed by atoms with van der Waals surface area (Å²) < 4.78 is 0.929. The van der Waals surface area contributed by atoms with Crippen molar-refractivity contribution in [2.24, 2.45) is 0 Å². The van der Waals surface area contributed by atoms with Gasteiger partial charge in [0.1, 0.15) is 6.04 Å². The molecule has 0 spiro atoms. The molecule has 1 atom stereocenters. The van der Waals surface area contributed by atoms with Crippen LogP contribution in [0.5, 0.6) is 0 Å². The molecule has 1 aliphatic rings. The predicted octanol–water partition coefficient (Wildman–Crippen LogP) is 1.75. The summed E-state index contributed by atoms with van der Waals surface area (Å²) >= 11 is 3.33. The van der Waals surface area contributed by atoms with Gasteiger partial charge in [-0.2, -0.15) is 0 Å². The number of likely N-dealkylation sites (N-methyl/N-ethyl adjacent to an activating group) is 2. The third-order valence-corrected chi connectivity index (χ3v) is 3.81. The van der Waals surface area contributed by atoms with Gasteiger partial charge in [0, 0.05) is 30.7 Å². The van der Waals surface area contributed by atoms with Gasteiger partial charge < -0.3 is 9.80 Å². The molecule has 1 saturated heterocycles. The molecular formula is C13H15BrN2O2.